The largest absolute Gasteiger partial charge is 0.422 e. The van der Waals surface area contributed by atoms with Gasteiger partial charge in [-0.3, -0.25) is 24.2 Å². The van der Waals surface area contributed by atoms with Crippen LogP contribution < -0.4 is 5.32 Å². The van der Waals surface area contributed by atoms with Gasteiger partial charge in [0, 0.05) is 20.0 Å². The minimum Gasteiger partial charge on any atom is -0.333 e. The van der Waals surface area contributed by atoms with Crippen LogP contribution in [0.4, 0.5) is 18.0 Å². The van der Waals surface area contributed by atoms with Crippen molar-refractivity contribution in [2.24, 2.45) is 16.8 Å². The highest BCUT2D eigenvalue weighted by molar-refractivity contribution is 6.26. The summed E-state index contributed by atoms with van der Waals surface area (Å²) < 4.78 is 42.3. The lowest BCUT2D eigenvalue weighted by Crippen LogP contribution is -2.72. The number of imide groups is 1. The Bertz CT molecular complexity index is 744. The second kappa shape index (κ2) is 6.31. The molecule has 2 heterocycles. The molecule has 1 aliphatic carbocycles. The summed E-state index contributed by atoms with van der Waals surface area (Å²) in [6, 6.07) is -0.903. The molecule has 0 spiro atoms. The molecule has 2 fully saturated rings. The minimum atomic E-state index is -5.28. The molecule has 1 saturated carbocycles. The van der Waals surface area contributed by atoms with Crippen LogP contribution in [0.15, 0.2) is 4.99 Å². The first-order valence-corrected chi connectivity index (χ1v) is 8.59. The molecule has 0 aromatic heterocycles. The molecule has 2 unspecified atom stereocenters. The van der Waals surface area contributed by atoms with Crippen molar-refractivity contribution < 1.29 is 32.3 Å². The number of urea groups is 1. The Morgan fingerprint density at radius 1 is 1.11 bits per heavy atom. The summed E-state index contributed by atoms with van der Waals surface area (Å²) >= 11 is 0. The Balaban J connectivity index is 2.04. The smallest absolute Gasteiger partial charge is 0.333 e. The number of hydrogen-bond acceptors (Lipinski definition) is 4. The zero-order chi connectivity index (χ0) is 20.1. The van der Waals surface area contributed by atoms with Crippen molar-refractivity contribution in [1.29, 1.82) is 0 Å². The Morgan fingerprint density at radius 2 is 1.70 bits per heavy atom. The van der Waals surface area contributed by atoms with E-state index < -0.39 is 53.1 Å². The highest BCUT2D eigenvalue weighted by Crippen LogP contribution is 2.45. The first-order valence-electron chi connectivity index (χ1n) is 8.59. The lowest BCUT2D eigenvalue weighted by Gasteiger charge is -2.41. The molecule has 148 valence electrons. The van der Waals surface area contributed by atoms with E-state index in [2.05, 4.69) is 4.99 Å². The fourth-order valence-electron chi connectivity index (χ4n) is 3.89. The predicted octanol–water partition coefficient (Wildman–Crippen LogP) is 1.06. The van der Waals surface area contributed by atoms with Crippen LogP contribution in [0.25, 0.3) is 0 Å². The molecule has 11 heteroatoms. The number of aliphatic imine (C=N–C) groups is 1. The van der Waals surface area contributed by atoms with E-state index in [1.807, 2.05) is 5.32 Å². The van der Waals surface area contributed by atoms with Crippen molar-refractivity contribution in [3.63, 3.8) is 0 Å². The molecule has 0 aromatic rings. The number of rotatable bonds is 2. The molecular formula is C16H19F3N4O4. The second-order valence-electron chi connectivity index (χ2n) is 7.08. The zero-order valence-corrected chi connectivity index (χ0v) is 14.8. The van der Waals surface area contributed by atoms with Crippen LogP contribution in [0.1, 0.15) is 32.1 Å². The minimum absolute atomic E-state index is 0.415. The van der Waals surface area contributed by atoms with Crippen LogP contribution in [0.2, 0.25) is 0 Å². The zero-order valence-electron chi connectivity index (χ0n) is 14.8. The number of amides is 5. The van der Waals surface area contributed by atoms with Gasteiger partial charge in [-0.15, -0.1) is 0 Å². The summed E-state index contributed by atoms with van der Waals surface area (Å²) in [6.45, 7) is 0. The standard InChI is InChI=1S/C16H19F3N4O4/c1-22-10-9(12(25)23(2)14(22)27)15(13(26)20-10,16(17,18)19)21-11(24)8-6-4-3-5-7-8/h8-9H,3-7H2,1-2H3,(H,21,24). The van der Waals surface area contributed by atoms with Gasteiger partial charge in [-0.05, 0) is 12.8 Å². The fraction of sp³-hybridized carbons (Fsp3) is 0.688. The van der Waals surface area contributed by atoms with E-state index in [0.717, 1.165) is 25.4 Å². The van der Waals surface area contributed by atoms with Gasteiger partial charge in [-0.1, -0.05) is 19.3 Å². The second-order valence-corrected chi connectivity index (χ2v) is 7.08. The van der Waals surface area contributed by atoms with E-state index >= 15 is 0 Å². The van der Waals surface area contributed by atoms with Crippen LogP contribution in [0, 0.1) is 11.8 Å². The number of nitrogens with one attached hydrogen (secondary N) is 1. The van der Waals surface area contributed by atoms with E-state index in [-0.39, 0.29) is 0 Å². The molecule has 1 saturated heterocycles. The average molecular weight is 388 g/mol. The van der Waals surface area contributed by atoms with E-state index in [1.54, 1.807) is 0 Å². The summed E-state index contributed by atoms with van der Waals surface area (Å²) in [5.41, 5.74) is -3.50. The Morgan fingerprint density at radius 3 is 2.26 bits per heavy atom. The third-order valence-electron chi connectivity index (χ3n) is 5.48. The molecular weight excluding hydrogens is 369 g/mol. The van der Waals surface area contributed by atoms with Gasteiger partial charge in [0.25, 0.3) is 5.91 Å². The van der Waals surface area contributed by atoms with Crippen LogP contribution >= 0.6 is 0 Å². The lowest BCUT2D eigenvalue weighted by atomic mass is 9.80. The first-order chi connectivity index (χ1) is 12.5. The summed E-state index contributed by atoms with van der Waals surface area (Å²) in [5, 5.41) is 1.82. The molecule has 0 aromatic carbocycles. The van der Waals surface area contributed by atoms with Crippen LogP contribution in [0.3, 0.4) is 0 Å². The topological polar surface area (TPSA) is 99.2 Å². The molecule has 0 bridgehead atoms. The van der Waals surface area contributed by atoms with E-state index in [1.165, 1.54) is 0 Å². The molecule has 3 rings (SSSR count). The summed E-state index contributed by atoms with van der Waals surface area (Å²) in [5.74, 6) is -7.25. The number of hydrogen-bond donors (Lipinski definition) is 1. The third kappa shape index (κ3) is 2.71. The quantitative estimate of drug-likeness (QED) is 0.765. The molecule has 8 nitrogen and oxygen atoms in total. The van der Waals surface area contributed by atoms with E-state index in [0.29, 0.717) is 30.6 Å². The van der Waals surface area contributed by atoms with Crippen molar-refractivity contribution >= 4 is 29.6 Å². The van der Waals surface area contributed by atoms with Gasteiger partial charge in [0.2, 0.25) is 17.4 Å². The number of fused-ring (bicyclic) bond motifs is 1. The lowest BCUT2D eigenvalue weighted by molar-refractivity contribution is -0.207. The Hall–Kier alpha value is -2.46. The summed E-state index contributed by atoms with van der Waals surface area (Å²) in [6.07, 6.45) is -2.15. The van der Waals surface area contributed by atoms with Gasteiger partial charge in [0.05, 0.1) is 0 Å². The van der Waals surface area contributed by atoms with E-state index in [4.69, 9.17) is 0 Å². The van der Waals surface area contributed by atoms with Crippen molar-refractivity contribution in [2.75, 3.05) is 14.1 Å². The molecule has 0 radical (unpaired) electrons. The SMILES string of the molecule is CN1C(=O)C2C(=NC(=O)C2(NC(=O)C2CCCCC2)C(F)(F)F)N(C)C1=O. The molecule has 27 heavy (non-hydrogen) atoms. The molecule has 3 aliphatic rings. The monoisotopic (exact) mass is 388 g/mol. The fourth-order valence-corrected chi connectivity index (χ4v) is 3.89. The third-order valence-corrected chi connectivity index (χ3v) is 5.48. The maximum Gasteiger partial charge on any atom is 0.422 e. The van der Waals surface area contributed by atoms with Crippen molar-refractivity contribution in [3.8, 4) is 0 Å². The maximum absolute atomic E-state index is 14.1. The number of carbonyl (C=O) groups excluding carboxylic acids is 4. The maximum atomic E-state index is 14.1. The van der Waals surface area contributed by atoms with Crippen molar-refractivity contribution in [1.82, 2.24) is 15.1 Å². The van der Waals surface area contributed by atoms with Gasteiger partial charge in [-0.2, -0.15) is 18.2 Å². The van der Waals surface area contributed by atoms with Gasteiger partial charge in [0.15, 0.2) is 0 Å². The Labute approximate surface area is 152 Å². The number of halogens is 3. The molecule has 1 N–H and O–H groups in total. The van der Waals surface area contributed by atoms with Crippen LogP contribution in [0.5, 0.6) is 0 Å². The van der Waals surface area contributed by atoms with Gasteiger partial charge in [0.1, 0.15) is 11.8 Å². The van der Waals surface area contributed by atoms with Gasteiger partial charge in [-0.25, -0.2) is 4.79 Å². The normalized spacial score (nSPS) is 29.7. The molecule has 2 atom stereocenters. The highest BCUT2D eigenvalue weighted by atomic mass is 19.4. The number of nitrogens with zero attached hydrogens (tertiary/aromatic N) is 3. The van der Waals surface area contributed by atoms with Crippen molar-refractivity contribution in [2.45, 2.75) is 43.8 Å². The molecule has 2 aliphatic heterocycles. The van der Waals surface area contributed by atoms with Crippen LogP contribution in [-0.4, -0.2) is 65.2 Å². The van der Waals surface area contributed by atoms with Gasteiger partial charge >= 0.3 is 12.2 Å². The number of amidine groups is 1. The highest BCUT2D eigenvalue weighted by Gasteiger charge is 2.74. The summed E-state index contributed by atoms with van der Waals surface area (Å²) in [4.78, 5) is 54.0. The summed E-state index contributed by atoms with van der Waals surface area (Å²) in [7, 11) is 2.14. The Kier molecular flexibility index (Phi) is 4.51. The predicted molar refractivity (Wildman–Crippen MR) is 85.4 cm³/mol. The van der Waals surface area contributed by atoms with Crippen molar-refractivity contribution in [3.05, 3.63) is 0 Å². The number of carbonyl (C=O) groups is 4. The first kappa shape index (κ1) is 19.3. The average Bonchev–Trinajstić information content (AvgIpc) is 2.92. The van der Waals surface area contributed by atoms with Crippen LogP contribution in [-0.2, 0) is 14.4 Å². The van der Waals surface area contributed by atoms with Gasteiger partial charge < -0.3 is 5.32 Å². The number of alkyl halides is 3. The molecule has 5 amide bonds. The van der Waals surface area contributed by atoms with E-state index in [9.17, 15) is 32.3 Å².